The van der Waals surface area contributed by atoms with Crippen LogP contribution in [0.4, 0.5) is 13.2 Å². The van der Waals surface area contributed by atoms with Crippen LogP contribution in [0.2, 0.25) is 0 Å². The number of aryl methyl sites for hydroxylation is 1. The van der Waals surface area contributed by atoms with Crippen LogP contribution >= 0.6 is 0 Å². The minimum Gasteiger partial charge on any atom is -0.291 e. The molecule has 2 aromatic carbocycles. The molecule has 3 nitrogen and oxygen atoms in total. The highest BCUT2D eigenvalue weighted by Gasteiger charge is 2.42. The minimum absolute atomic E-state index is 0.180. The lowest BCUT2D eigenvalue weighted by molar-refractivity contribution is -0.138. The zero-order valence-electron chi connectivity index (χ0n) is 12.0. The van der Waals surface area contributed by atoms with Gasteiger partial charge in [0, 0.05) is 0 Å². The molecule has 0 aromatic heterocycles. The van der Waals surface area contributed by atoms with E-state index < -0.39 is 32.5 Å². The van der Waals surface area contributed by atoms with Gasteiger partial charge in [0.25, 0.3) is 9.84 Å². The van der Waals surface area contributed by atoms with Crippen molar-refractivity contribution in [3.63, 3.8) is 0 Å². The predicted octanol–water partition coefficient (Wildman–Crippen LogP) is 4.41. The lowest BCUT2D eigenvalue weighted by Crippen LogP contribution is -2.16. The predicted molar refractivity (Wildman–Crippen MR) is 79.2 cm³/mol. The molecule has 1 atom stereocenters. The molecule has 120 valence electrons. The molecule has 0 amide bonds. The number of hydrogen-bond donors (Lipinski definition) is 0. The Morgan fingerprint density at radius 2 is 1.61 bits per heavy atom. The van der Waals surface area contributed by atoms with Gasteiger partial charge in [-0.15, -0.1) is 0 Å². The summed E-state index contributed by atoms with van der Waals surface area (Å²) in [5.74, 6) is 0. The van der Waals surface area contributed by atoms with Gasteiger partial charge in [0.1, 0.15) is 0 Å². The van der Waals surface area contributed by atoms with Gasteiger partial charge in [-0.3, -0.25) is 4.85 Å². The van der Waals surface area contributed by atoms with Gasteiger partial charge in [0.2, 0.25) is 0 Å². The van der Waals surface area contributed by atoms with E-state index in [1.165, 1.54) is 30.3 Å². The lowest BCUT2D eigenvalue weighted by atomic mass is 10.1. The van der Waals surface area contributed by atoms with Gasteiger partial charge in [-0.2, -0.15) is 13.2 Å². The molecule has 7 heteroatoms. The van der Waals surface area contributed by atoms with Crippen LogP contribution in [0.5, 0.6) is 0 Å². The molecule has 0 fully saturated rings. The standard InChI is InChI=1S/C16H12F3NO2S/c1-11-7-9-12(10-8-11)23(21,22)15(20-2)13-5-3-4-6-14(13)16(17,18)19/h3-10,15H,1H3/t15-/m0/s1. The zero-order valence-corrected chi connectivity index (χ0v) is 12.8. The van der Waals surface area contributed by atoms with Crippen LogP contribution < -0.4 is 0 Å². The van der Waals surface area contributed by atoms with Crippen LogP contribution in [0, 0.1) is 13.5 Å². The minimum atomic E-state index is -4.73. The number of sulfone groups is 1. The van der Waals surface area contributed by atoms with E-state index in [9.17, 15) is 21.6 Å². The van der Waals surface area contributed by atoms with Crippen molar-refractivity contribution in [1.29, 1.82) is 0 Å². The Morgan fingerprint density at radius 1 is 1.04 bits per heavy atom. The summed E-state index contributed by atoms with van der Waals surface area (Å²) < 4.78 is 64.4. The molecule has 0 aliphatic heterocycles. The van der Waals surface area contributed by atoms with E-state index in [1.54, 1.807) is 6.92 Å². The van der Waals surface area contributed by atoms with Crippen molar-refractivity contribution in [3.05, 3.63) is 76.6 Å². The number of hydrogen-bond acceptors (Lipinski definition) is 2. The van der Waals surface area contributed by atoms with Crippen LogP contribution in [-0.2, 0) is 16.0 Å². The molecule has 2 rings (SSSR count). The molecular weight excluding hydrogens is 327 g/mol. The normalized spacial score (nSPS) is 13.3. The first-order chi connectivity index (χ1) is 10.7. The number of benzene rings is 2. The maximum atomic E-state index is 13.1. The largest absolute Gasteiger partial charge is 0.417 e. The first-order valence-corrected chi connectivity index (χ1v) is 8.06. The van der Waals surface area contributed by atoms with Gasteiger partial charge in [-0.1, -0.05) is 29.8 Å². The molecule has 0 N–H and O–H groups in total. The molecule has 0 unspecified atom stereocenters. The maximum absolute atomic E-state index is 13.1. The quantitative estimate of drug-likeness (QED) is 0.777. The molecular formula is C16H12F3NO2S. The average molecular weight is 339 g/mol. The Labute approximate surface area is 132 Å². The van der Waals surface area contributed by atoms with Gasteiger partial charge < -0.3 is 0 Å². The summed E-state index contributed by atoms with van der Waals surface area (Å²) in [4.78, 5) is 2.79. The smallest absolute Gasteiger partial charge is 0.291 e. The zero-order chi connectivity index (χ0) is 17.3. The third-order valence-corrected chi connectivity index (χ3v) is 5.17. The third-order valence-electron chi connectivity index (χ3n) is 3.29. The van der Waals surface area contributed by atoms with Crippen LogP contribution in [0.15, 0.2) is 53.4 Å². The van der Waals surface area contributed by atoms with Crippen molar-refractivity contribution in [2.45, 2.75) is 23.4 Å². The fourth-order valence-corrected chi connectivity index (χ4v) is 3.59. The third kappa shape index (κ3) is 3.37. The molecule has 0 bridgehead atoms. The van der Waals surface area contributed by atoms with E-state index >= 15 is 0 Å². The molecule has 0 aliphatic carbocycles. The first kappa shape index (κ1) is 17.0. The van der Waals surface area contributed by atoms with Crippen molar-refractivity contribution >= 4 is 9.84 Å². The summed E-state index contributed by atoms with van der Waals surface area (Å²) in [5, 5.41) is -1.94. The molecule has 0 aliphatic rings. The van der Waals surface area contributed by atoms with E-state index in [-0.39, 0.29) is 4.90 Å². The highest BCUT2D eigenvalue weighted by atomic mass is 32.2. The van der Waals surface area contributed by atoms with E-state index in [2.05, 4.69) is 4.85 Å². The number of nitrogens with zero attached hydrogens (tertiary/aromatic N) is 1. The van der Waals surface area contributed by atoms with Crippen LogP contribution in [0.3, 0.4) is 0 Å². The van der Waals surface area contributed by atoms with E-state index in [4.69, 9.17) is 6.57 Å². The van der Waals surface area contributed by atoms with Gasteiger partial charge in [0.15, 0.2) is 0 Å². The lowest BCUT2D eigenvalue weighted by Gasteiger charge is -2.14. The van der Waals surface area contributed by atoms with Crippen LogP contribution in [-0.4, -0.2) is 8.42 Å². The van der Waals surface area contributed by atoms with E-state index in [0.29, 0.717) is 0 Å². The number of halogens is 3. The van der Waals surface area contributed by atoms with E-state index in [1.807, 2.05) is 0 Å². The number of alkyl halides is 3. The molecule has 0 saturated heterocycles. The number of rotatable bonds is 3. The van der Waals surface area contributed by atoms with Gasteiger partial charge in [0.05, 0.1) is 16.0 Å². The Bertz CT molecular complexity index is 850. The molecule has 23 heavy (non-hydrogen) atoms. The van der Waals surface area contributed by atoms with Gasteiger partial charge in [-0.05, 0) is 31.2 Å². The van der Waals surface area contributed by atoms with Crippen molar-refractivity contribution in [3.8, 4) is 0 Å². The SMILES string of the molecule is [C-]#[N+][C@H](c1ccccc1C(F)(F)F)S(=O)(=O)c1ccc(C)cc1. The molecule has 0 heterocycles. The maximum Gasteiger partial charge on any atom is 0.417 e. The fourth-order valence-electron chi connectivity index (χ4n) is 2.13. The molecule has 0 radical (unpaired) electrons. The summed E-state index contributed by atoms with van der Waals surface area (Å²) in [6.07, 6.45) is -4.73. The topological polar surface area (TPSA) is 38.5 Å². The van der Waals surface area contributed by atoms with Crippen molar-refractivity contribution < 1.29 is 21.6 Å². The highest BCUT2D eigenvalue weighted by Crippen LogP contribution is 2.39. The molecule has 0 saturated carbocycles. The van der Waals surface area contributed by atoms with Gasteiger partial charge in [-0.25, -0.2) is 15.0 Å². The Balaban J connectivity index is 2.62. The Hall–Kier alpha value is -2.33. The molecule has 0 spiro atoms. The summed E-state index contributed by atoms with van der Waals surface area (Å²) in [7, 11) is -4.26. The molecule has 2 aromatic rings. The average Bonchev–Trinajstić information content (AvgIpc) is 2.47. The first-order valence-electron chi connectivity index (χ1n) is 6.51. The Morgan fingerprint density at radius 3 is 2.13 bits per heavy atom. The van der Waals surface area contributed by atoms with Crippen molar-refractivity contribution in [1.82, 2.24) is 0 Å². The van der Waals surface area contributed by atoms with Crippen LogP contribution in [0.25, 0.3) is 4.85 Å². The second kappa shape index (κ2) is 6.05. The van der Waals surface area contributed by atoms with Crippen LogP contribution in [0.1, 0.15) is 22.1 Å². The summed E-state index contributed by atoms with van der Waals surface area (Å²) in [6.45, 7) is 8.88. The summed E-state index contributed by atoms with van der Waals surface area (Å²) in [6, 6.07) is 9.89. The fraction of sp³-hybridized carbons (Fsp3) is 0.188. The van der Waals surface area contributed by atoms with Crippen molar-refractivity contribution in [2.24, 2.45) is 0 Å². The second-order valence-corrected chi connectivity index (χ2v) is 6.93. The summed E-state index contributed by atoms with van der Waals surface area (Å²) >= 11 is 0. The Kier molecular flexibility index (Phi) is 4.48. The van der Waals surface area contributed by atoms with Crippen molar-refractivity contribution in [2.75, 3.05) is 0 Å². The highest BCUT2D eigenvalue weighted by molar-refractivity contribution is 7.91. The monoisotopic (exact) mass is 339 g/mol. The van der Waals surface area contributed by atoms with E-state index in [0.717, 1.165) is 23.8 Å². The second-order valence-electron chi connectivity index (χ2n) is 4.92. The summed E-state index contributed by atoms with van der Waals surface area (Å²) in [5.41, 5.74) is -0.869. The van der Waals surface area contributed by atoms with Gasteiger partial charge >= 0.3 is 11.6 Å².